The molecule has 0 aliphatic heterocycles. The third-order valence-electron chi connectivity index (χ3n) is 5.38. The number of carbonyl (C=O) groups excluding carboxylic acids is 2. The SMILES string of the molecule is COC(=O)c1cccc(-n2c(C)cc(/C=N/NC(=O)c3ccc4ccccc4c3)c2C)c1. The van der Waals surface area contributed by atoms with Crippen molar-refractivity contribution in [1.29, 1.82) is 0 Å². The summed E-state index contributed by atoms with van der Waals surface area (Å²) in [4.78, 5) is 24.4. The third kappa shape index (κ3) is 4.16. The van der Waals surface area contributed by atoms with Crippen molar-refractivity contribution in [3.63, 3.8) is 0 Å². The lowest BCUT2D eigenvalue weighted by Crippen LogP contribution is -2.17. The van der Waals surface area contributed by atoms with Gasteiger partial charge in [0.2, 0.25) is 0 Å². The summed E-state index contributed by atoms with van der Waals surface area (Å²) < 4.78 is 6.85. The zero-order chi connectivity index (χ0) is 22.7. The Balaban J connectivity index is 1.54. The van der Waals surface area contributed by atoms with Crippen LogP contribution in [0.5, 0.6) is 0 Å². The lowest BCUT2D eigenvalue weighted by Gasteiger charge is -2.11. The molecule has 0 atom stereocenters. The van der Waals surface area contributed by atoms with Crippen molar-refractivity contribution >= 4 is 28.9 Å². The van der Waals surface area contributed by atoms with Gasteiger partial charge in [0.15, 0.2) is 0 Å². The molecule has 0 aliphatic carbocycles. The summed E-state index contributed by atoms with van der Waals surface area (Å²) in [5.41, 5.74) is 7.26. The van der Waals surface area contributed by atoms with Gasteiger partial charge in [0, 0.05) is 28.2 Å². The lowest BCUT2D eigenvalue weighted by atomic mass is 10.1. The van der Waals surface area contributed by atoms with Crippen molar-refractivity contribution < 1.29 is 14.3 Å². The topological polar surface area (TPSA) is 72.7 Å². The van der Waals surface area contributed by atoms with Crippen LogP contribution in [-0.4, -0.2) is 29.8 Å². The molecule has 0 bridgehead atoms. The van der Waals surface area contributed by atoms with E-state index in [1.807, 2.05) is 73.0 Å². The number of hydrazone groups is 1. The monoisotopic (exact) mass is 425 g/mol. The number of ether oxygens (including phenoxy) is 1. The number of esters is 1. The summed E-state index contributed by atoms with van der Waals surface area (Å²) in [6.45, 7) is 3.94. The van der Waals surface area contributed by atoms with Gasteiger partial charge in [-0.05, 0) is 61.0 Å². The Labute approximate surface area is 186 Å². The molecular formula is C26H23N3O3. The van der Waals surface area contributed by atoms with Crippen LogP contribution in [0.4, 0.5) is 0 Å². The van der Waals surface area contributed by atoms with E-state index in [0.717, 1.165) is 33.4 Å². The van der Waals surface area contributed by atoms with Crippen LogP contribution in [0.3, 0.4) is 0 Å². The third-order valence-corrected chi connectivity index (χ3v) is 5.38. The zero-order valence-corrected chi connectivity index (χ0v) is 18.1. The van der Waals surface area contributed by atoms with Crippen LogP contribution in [-0.2, 0) is 4.74 Å². The average Bonchev–Trinajstić information content (AvgIpc) is 3.10. The van der Waals surface area contributed by atoms with Gasteiger partial charge in [-0.1, -0.05) is 36.4 Å². The van der Waals surface area contributed by atoms with Crippen molar-refractivity contribution in [1.82, 2.24) is 9.99 Å². The van der Waals surface area contributed by atoms with Crippen molar-refractivity contribution in [2.75, 3.05) is 7.11 Å². The number of benzene rings is 3. The van der Waals surface area contributed by atoms with E-state index in [-0.39, 0.29) is 11.9 Å². The molecule has 3 aromatic carbocycles. The second-order valence-corrected chi connectivity index (χ2v) is 7.46. The van der Waals surface area contributed by atoms with E-state index in [0.29, 0.717) is 11.1 Å². The number of nitrogens with one attached hydrogen (secondary N) is 1. The first-order valence-electron chi connectivity index (χ1n) is 10.2. The summed E-state index contributed by atoms with van der Waals surface area (Å²) in [5.74, 6) is -0.654. The number of methoxy groups -OCH3 is 1. The Kier molecular flexibility index (Phi) is 5.85. The molecule has 0 aliphatic rings. The first kappa shape index (κ1) is 21.1. The van der Waals surface area contributed by atoms with Crippen LogP contribution >= 0.6 is 0 Å². The van der Waals surface area contributed by atoms with E-state index in [1.165, 1.54) is 7.11 Å². The summed E-state index contributed by atoms with van der Waals surface area (Å²) in [7, 11) is 1.36. The highest BCUT2D eigenvalue weighted by molar-refractivity contribution is 5.99. The van der Waals surface area contributed by atoms with Gasteiger partial charge in [-0.15, -0.1) is 0 Å². The fourth-order valence-corrected chi connectivity index (χ4v) is 3.76. The van der Waals surface area contributed by atoms with Crippen molar-refractivity contribution in [2.45, 2.75) is 13.8 Å². The van der Waals surface area contributed by atoms with Crippen molar-refractivity contribution in [3.8, 4) is 5.69 Å². The number of aromatic nitrogens is 1. The fraction of sp³-hybridized carbons (Fsp3) is 0.115. The summed E-state index contributed by atoms with van der Waals surface area (Å²) in [6.07, 6.45) is 1.63. The van der Waals surface area contributed by atoms with Gasteiger partial charge in [-0.3, -0.25) is 4.79 Å². The molecule has 1 amide bonds. The summed E-state index contributed by atoms with van der Waals surface area (Å²) in [6, 6.07) is 22.7. The first-order valence-corrected chi connectivity index (χ1v) is 10.2. The molecule has 6 heteroatoms. The molecular weight excluding hydrogens is 402 g/mol. The molecule has 160 valence electrons. The van der Waals surface area contributed by atoms with Crippen molar-refractivity contribution in [2.24, 2.45) is 5.10 Å². The molecule has 0 unspecified atom stereocenters. The minimum Gasteiger partial charge on any atom is -0.465 e. The highest BCUT2D eigenvalue weighted by Crippen LogP contribution is 2.21. The maximum Gasteiger partial charge on any atom is 0.337 e. The molecule has 0 radical (unpaired) electrons. The first-order chi connectivity index (χ1) is 15.5. The van der Waals surface area contributed by atoms with Gasteiger partial charge in [0.25, 0.3) is 5.91 Å². The molecule has 1 N–H and O–H groups in total. The number of rotatable bonds is 5. The number of carbonyl (C=O) groups is 2. The summed E-state index contributed by atoms with van der Waals surface area (Å²) in [5, 5.41) is 6.24. The Morgan fingerprint density at radius 2 is 1.69 bits per heavy atom. The molecule has 4 aromatic rings. The number of amides is 1. The highest BCUT2D eigenvalue weighted by Gasteiger charge is 2.12. The van der Waals surface area contributed by atoms with E-state index < -0.39 is 0 Å². The molecule has 6 nitrogen and oxygen atoms in total. The van der Waals surface area contributed by atoms with Crippen LogP contribution in [0.25, 0.3) is 16.5 Å². The van der Waals surface area contributed by atoms with Gasteiger partial charge in [0.05, 0.1) is 18.9 Å². The van der Waals surface area contributed by atoms with E-state index in [4.69, 9.17) is 4.74 Å². The largest absolute Gasteiger partial charge is 0.465 e. The predicted molar refractivity (Wildman–Crippen MR) is 126 cm³/mol. The second-order valence-electron chi connectivity index (χ2n) is 7.46. The number of hydrogen-bond acceptors (Lipinski definition) is 4. The Bertz CT molecular complexity index is 1350. The number of hydrogen-bond donors (Lipinski definition) is 1. The van der Waals surface area contributed by atoms with Gasteiger partial charge in [0.1, 0.15) is 0 Å². The molecule has 1 aromatic heterocycles. The minimum atomic E-state index is -0.382. The van der Waals surface area contributed by atoms with E-state index in [2.05, 4.69) is 10.5 Å². The Hall–Kier alpha value is -4.19. The second kappa shape index (κ2) is 8.89. The predicted octanol–water partition coefficient (Wildman–Crippen LogP) is 4.80. The normalized spacial score (nSPS) is 11.1. The number of aryl methyl sites for hydroxylation is 1. The van der Waals surface area contributed by atoms with Gasteiger partial charge in [-0.25, -0.2) is 10.2 Å². The maximum atomic E-state index is 12.5. The smallest absolute Gasteiger partial charge is 0.337 e. The van der Waals surface area contributed by atoms with E-state index in [1.54, 1.807) is 24.4 Å². The summed E-state index contributed by atoms with van der Waals surface area (Å²) >= 11 is 0. The quantitative estimate of drug-likeness (QED) is 0.284. The van der Waals surface area contributed by atoms with Crippen LogP contribution in [0.2, 0.25) is 0 Å². The van der Waals surface area contributed by atoms with Gasteiger partial charge >= 0.3 is 5.97 Å². The van der Waals surface area contributed by atoms with Crippen LogP contribution in [0, 0.1) is 13.8 Å². The standard InChI is InChI=1S/C26H23N3O3/c1-17-13-23(18(2)29(17)24-10-6-9-22(15-24)26(31)32-3)16-27-28-25(30)21-12-11-19-7-4-5-8-20(19)14-21/h4-16H,1-3H3,(H,28,30)/b27-16+. The molecule has 0 saturated carbocycles. The Morgan fingerprint density at radius 3 is 2.47 bits per heavy atom. The molecule has 0 fully saturated rings. The van der Waals surface area contributed by atoms with Crippen LogP contribution < -0.4 is 5.43 Å². The molecule has 32 heavy (non-hydrogen) atoms. The van der Waals surface area contributed by atoms with E-state index >= 15 is 0 Å². The number of nitrogens with zero attached hydrogens (tertiary/aromatic N) is 2. The molecule has 4 rings (SSSR count). The maximum absolute atomic E-state index is 12.5. The molecule has 0 spiro atoms. The number of fused-ring (bicyclic) bond motifs is 1. The minimum absolute atomic E-state index is 0.272. The molecule has 1 heterocycles. The lowest BCUT2D eigenvalue weighted by molar-refractivity contribution is 0.0600. The van der Waals surface area contributed by atoms with Crippen LogP contribution in [0.15, 0.2) is 77.9 Å². The fourth-order valence-electron chi connectivity index (χ4n) is 3.76. The Morgan fingerprint density at radius 1 is 0.906 bits per heavy atom. The van der Waals surface area contributed by atoms with E-state index in [9.17, 15) is 9.59 Å². The van der Waals surface area contributed by atoms with Gasteiger partial charge in [-0.2, -0.15) is 5.10 Å². The zero-order valence-electron chi connectivity index (χ0n) is 18.1. The van der Waals surface area contributed by atoms with Gasteiger partial charge < -0.3 is 9.30 Å². The van der Waals surface area contributed by atoms with Crippen LogP contribution in [0.1, 0.15) is 37.7 Å². The van der Waals surface area contributed by atoms with Crippen molar-refractivity contribution in [3.05, 3.63) is 101 Å². The highest BCUT2D eigenvalue weighted by atomic mass is 16.5. The average molecular weight is 425 g/mol. The molecule has 0 saturated heterocycles.